The van der Waals surface area contributed by atoms with E-state index in [1.54, 1.807) is 4.90 Å². The third-order valence-electron chi connectivity index (χ3n) is 7.84. The Bertz CT molecular complexity index is 1530. The standard InChI is InChI=1S/C37H38N2O6/c1-2-22-39(37(42)38-24-27-18-20-31(21-19-27)45-30-16-10-5-11-17-30)33-23-32(35(40)43-25-28-12-6-3-7-13-28)34(33)36(41)44-26-29-14-8-4-9-15-29/h3-21,32-34H,2,22-26H2,1H3,(H,38,42). The summed E-state index contributed by atoms with van der Waals surface area (Å²) in [4.78, 5) is 41.8. The predicted molar refractivity (Wildman–Crippen MR) is 170 cm³/mol. The SMILES string of the molecule is CCCN(C(=O)NCc1ccc(Oc2ccccc2)cc1)C1CC(C(=O)OCc2ccccc2)C1C(=O)OCc1ccccc1. The van der Waals surface area contributed by atoms with Crippen LogP contribution in [-0.4, -0.2) is 35.5 Å². The Kier molecular flexibility index (Phi) is 10.8. The zero-order chi connectivity index (χ0) is 31.4. The van der Waals surface area contributed by atoms with E-state index in [0.29, 0.717) is 31.7 Å². The van der Waals surface area contributed by atoms with Crippen molar-refractivity contribution in [2.24, 2.45) is 11.8 Å². The van der Waals surface area contributed by atoms with Crippen molar-refractivity contribution in [1.29, 1.82) is 0 Å². The Morgan fingerprint density at radius 3 is 1.80 bits per heavy atom. The fraction of sp³-hybridized carbons (Fsp3) is 0.270. The lowest BCUT2D eigenvalue weighted by Crippen LogP contribution is -2.61. The molecule has 0 heterocycles. The molecule has 4 aromatic carbocycles. The lowest BCUT2D eigenvalue weighted by molar-refractivity contribution is -0.175. The van der Waals surface area contributed by atoms with Crippen molar-refractivity contribution in [3.8, 4) is 11.5 Å². The lowest BCUT2D eigenvalue weighted by atomic mass is 9.68. The fourth-order valence-electron chi connectivity index (χ4n) is 5.41. The number of urea groups is 1. The van der Waals surface area contributed by atoms with Crippen LogP contribution in [0.15, 0.2) is 115 Å². The zero-order valence-electron chi connectivity index (χ0n) is 25.3. The summed E-state index contributed by atoms with van der Waals surface area (Å²) in [5.74, 6) is -1.07. The molecule has 0 aromatic heterocycles. The summed E-state index contributed by atoms with van der Waals surface area (Å²) in [5.41, 5.74) is 2.60. The van der Waals surface area contributed by atoms with Crippen LogP contribution in [0.2, 0.25) is 0 Å². The second-order valence-electron chi connectivity index (χ2n) is 11.0. The fourth-order valence-corrected chi connectivity index (χ4v) is 5.41. The van der Waals surface area contributed by atoms with Crippen LogP contribution < -0.4 is 10.1 Å². The molecule has 232 valence electrons. The normalized spacial score (nSPS) is 17.0. The molecule has 1 fully saturated rings. The highest BCUT2D eigenvalue weighted by Crippen LogP contribution is 2.41. The molecule has 0 bridgehead atoms. The first-order chi connectivity index (χ1) is 22.0. The number of para-hydroxylation sites is 1. The first-order valence-corrected chi connectivity index (χ1v) is 15.3. The van der Waals surface area contributed by atoms with E-state index in [4.69, 9.17) is 14.2 Å². The van der Waals surface area contributed by atoms with Crippen LogP contribution in [0.25, 0.3) is 0 Å². The van der Waals surface area contributed by atoms with Gasteiger partial charge >= 0.3 is 18.0 Å². The van der Waals surface area contributed by atoms with Gasteiger partial charge in [0.2, 0.25) is 0 Å². The minimum absolute atomic E-state index is 0.0820. The van der Waals surface area contributed by atoms with Crippen molar-refractivity contribution >= 4 is 18.0 Å². The maximum atomic E-state index is 13.5. The summed E-state index contributed by atoms with van der Waals surface area (Å²) in [7, 11) is 0. The van der Waals surface area contributed by atoms with Crippen molar-refractivity contribution < 1.29 is 28.6 Å². The topological polar surface area (TPSA) is 94.2 Å². The second kappa shape index (κ2) is 15.6. The molecule has 0 spiro atoms. The largest absolute Gasteiger partial charge is 0.461 e. The van der Waals surface area contributed by atoms with Gasteiger partial charge in [-0.1, -0.05) is 97.9 Å². The molecule has 1 aliphatic carbocycles. The van der Waals surface area contributed by atoms with E-state index < -0.39 is 29.8 Å². The Hall–Kier alpha value is -5.11. The number of carbonyl (C=O) groups is 3. The highest BCUT2D eigenvalue weighted by Gasteiger charge is 2.54. The molecule has 1 aliphatic rings. The van der Waals surface area contributed by atoms with E-state index in [2.05, 4.69) is 5.32 Å². The number of ether oxygens (including phenoxy) is 3. The maximum absolute atomic E-state index is 13.5. The van der Waals surface area contributed by atoms with Gasteiger partial charge in [0.05, 0.1) is 11.8 Å². The Balaban J connectivity index is 1.23. The quantitative estimate of drug-likeness (QED) is 0.167. The van der Waals surface area contributed by atoms with Gasteiger partial charge in [0.25, 0.3) is 0 Å². The molecule has 0 radical (unpaired) electrons. The third-order valence-corrected chi connectivity index (χ3v) is 7.84. The van der Waals surface area contributed by atoms with Gasteiger partial charge in [-0.2, -0.15) is 0 Å². The van der Waals surface area contributed by atoms with Crippen LogP contribution in [-0.2, 0) is 38.8 Å². The monoisotopic (exact) mass is 606 g/mol. The Labute approximate surface area is 263 Å². The minimum atomic E-state index is -0.830. The summed E-state index contributed by atoms with van der Waals surface area (Å²) in [6.45, 7) is 2.88. The minimum Gasteiger partial charge on any atom is -0.461 e. The van der Waals surface area contributed by atoms with Gasteiger partial charge in [0.1, 0.15) is 24.7 Å². The molecule has 4 aromatic rings. The van der Waals surface area contributed by atoms with E-state index in [-0.39, 0.29) is 19.2 Å². The van der Waals surface area contributed by atoms with Crippen LogP contribution in [0.5, 0.6) is 11.5 Å². The maximum Gasteiger partial charge on any atom is 0.317 e. The van der Waals surface area contributed by atoms with Crippen molar-refractivity contribution in [2.75, 3.05) is 6.54 Å². The van der Waals surface area contributed by atoms with Gasteiger partial charge in [-0.05, 0) is 53.8 Å². The molecule has 1 saturated carbocycles. The van der Waals surface area contributed by atoms with E-state index in [0.717, 1.165) is 22.4 Å². The highest BCUT2D eigenvalue weighted by molar-refractivity contribution is 5.86. The van der Waals surface area contributed by atoms with Crippen LogP contribution in [0.1, 0.15) is 36.5 Å². The van der Waals surface area contributed by atoms with Gasteiger partial charge in [-0.25, -0.2) is 4.79 Å². The zero-order valence-corrected chi connectivity index (χ0v) is 25.3. The second-order valence-corrected chi connectivity index (χ2v) is 11.0. The van der Waals surface area contributed by atoms with E-state index >= 15 is 0 Å². The molecular weight excluding hydrogens is 568 g/mol. The summed E-state index contributed by atoms with van der Waals surface area (Å²) >= 11 is 0. The van der Waals surface area contributed by atoms with Crippen LogP contribution in [0.4, 0.5) is 4.79 Å². The van der Waals surface area contributed by atoms with Gasteiger partial charge in [0.15, 0.2) is 0 Å². The highest BCUT2D eigenvalue weighted by atomic mass is 16.5. The Morgan fingerprint density at radius 1 is 0.689 bits per heavy atom. The van der Waals surface area contributed by atoms with Crippen molar-refractivity contribution in [1.82, 2.24) is 10.2 Å². The number of hydrogen-bond donors (Lipinski definition) is 1. The molecule has 0 saturated heterocycles. The van der Waals surface area contributed by atoms with Crippen LogP contribution in [0.3, 0.4) is 0 Å². The van der Waals surface area contributed by atoms with Crippen LogP contribution in [0, 0.1) is 11.8 Å². The number of hydrogen-bond acceptors (Lipinski definition) is 6. The van der Waals surface area contributed by atoms with Crippen LogP contribution >= 0.6 is 0 Å². The van der Waals surface area contributed by atoms with Crippen molar-refractivity contribution in [2.45, 2.75) is 45.6 Å². The molecule has 0 aliphatic heterocycles. The number of nitrogens with zero attached hydrogens (tertiary/aromatic N) is 1. The van der Waals surface area contributed by atoms with E-state index in [9.17, 15) is 14.4 Å². The molecule has 1 N–H and O–H groups in total. The van der Waals surface area contributed by atoms with E-state index in [1.807, 2.05) is 122 Å². The van der Waals surface area contributed by atoms with Gasteiger partial charge in [-0.15, -0.1) is 0 Å². The molecule has 2 amide bonds. The molecule has 5 rings (SSSR count). The number of esters is 2. The molecular formula is C37H38N2O6. The molecule has 8 nitrogen and oxygen atoms in total. The van der Waals surface area contributed by atoms with Crippen molar-refractivity contribution in [3.05, 3.63) is 132 Å². The summed E-state index contributed by atoms with van der Waals surface area (Å²) in [5, 5.41) is 2.99. The van der Waals surface area contributed by atoms with Crippen molar-refractivity contribution in [3.63, 3.8) is 0 Å². The summed E-state index contributed by atoms with van der Waals surface area (Å²) < 4.78 is 17.1. The first kappa shape index (κ1) is 31.3. The van der Waals surface area contributed by atoms with Gasteiger partial charge in [0, 0.05) is 19.1 Å². The predicted octanol–water partition coefficient (Wildman–Crippen LogP) is 6.89. The number of benzene rings is 4. The summed E-state index contributed by atoms with van der Waals surface area (Å²) in [6.07, 6.45) is 1.00. The third kappa shape index (κ3) is 8.50. The molecule has 8 heteroatoms. The number of amides is 2. The van der Waals surface area contributed by atoms with E-state index in [1.165, 1.54) is 0 Å². The number of nitrogens with one attached hydrogen (secondary N) is 1. The molecule has 3 unspecified atom stereocenters. The number of carbonyl (C=O) groups excluding carboxylic acids is 3. The van der Waals surface area contributed by atoms with Gasteiger partial charge < -0.3 is 24.4 Å². The number of rotatable bonds is 13. The molecule has 45 heavy (non-hydrogen) atoms. The molecule has 3 atom stereocenters. The first-order valence-electron chi connectivity index (χ1n) is 15.3. The van der Waals surface area contributed by atoms with Gasteiger partial charge in [-0.3, -0.25) is 9.59 Å². The Morgan fingerprint density at radius 2 is 1.22 bits per heavy atom. The summed E-state index contributed by atoms with van der Waals surface area (Å²) in [6, 6.07) is 35.0. The average molecular weight is 607 g/mol. The lowest BCUT2D eigenvalue weighted by Gasteiger charge is -2.47. The average Bonchev–Trinajstić information content (AvgIpc) is 3.06. The smallest absolute Gasteiger partial charge is 0.317 e.